The molecule has 0 aliphatic rings. The molecule has 3 rings (SSSR count). The summed E-state index contributed by atoms with van der Waals surface area (Å²) in [5.41, 5.74) is 1.16. The normalized spacial score (nSPS) is 11.4. The second kappa shape index (κ2) is 6.76. The van der Waals surface area contributed by atoms with Crippen LogP contribution in [-0.4, -0.2) is 20.5 Å². The van der Waals surface area contributed by atoms with Crippen LogP contribution in [0.25, 0.3) is 17.1 Å². The third-order valence-electron chi connectivity index (χ3n) is 3.25. The molecule has 0 unspecified atom stereocenters. The number of halogens is 2. The summed E-state index contributed by atoms with van der Waals surface area (Å²) < 4.78 is 1.30. The Morgan fingerprint density at radius 3 is 2.67 bits per heavy atom. The van der Waals surface area contributed by atoms with E-state index in [-0.39, 0.29) is 12.0 Å². The molecule has 0 saturated carbocycles. The van der Waals surface area contributed by atoms with Crippen LogP contribution in [0.5, 0.6) is 0 Å². The molecule has 0 amide bonds. The molecule has 2 heterocycles. The van der Waals surface area contributed by atoms with Gasteiger partial charge in [-0.1, -0.05) is 29.3 Å². The van der Waals surface area contributed by atoms with Crippen molar-refractivity contribution in [1.29, 1.82) is 0 Å². The minimum Gasteiger partial charge on any atom is -0.481 e. The molecule has 2 aromatic heterocycles. The maximum Gasteiger partial charge on any atom is 0.309 e. The molecule has 0 radical (unpaired) electrons. The van der Waals surface area contributed by atoms with Crippen molar-refractivity contribution in [3.8, 4) is 0 Å². The number of carboxylic acid groups (broad SMARTS) is 1. The van der Waals surface area contributed by atoms with Gasteiger partial charge in [0.15, 0.2) is 4.96 Å². The number of thiazole rings is 1. The molecule has 0 saturated heterocycles. The van der Waals surface area contributed by atoms with E-state index >= 15 is 0 Å². The lowest BCUT2D eigenvalue weighted by Crippen LogP contribution is -2.17. The summed E-state index contributed by atoms with van der Waals surface area (Å²) >= 11 is 13.4. The Morgan fingerprint density at radius 2 is 2.00 bits per heavy atom. The van der Waals surface area contributed by atoms with Crippen molar-refractivity contribution in [3.63, 3.8) is 0 Å². The van der Waals surface area contributed by atoms with Gasteiger partial charge >= 0.3 is 5.97 Å². The molecule has 1 aromatic carbocycles. The molecule has 0 bridgehead atoms. The number of hydrogen-bond donors (Lipinski definition) is 1. The van der Waals surface area contributed by atoms with Crippen molar-refractivity contribution in [2.24, 2.45) is 0 Å². The van der Waals surface area contributed by atoms with Crippen molar-refractivity contribution in [1.82, 2.24) is 9.38 Å². The second-order valence-electron chi connectivity index (χ2n) is 4.90. The molecule has 3 aromatic rings. The first-order chi connectivity index (χ1) is 11.5. The number of fused-ring (bicyclic) bond motifs is 1. The predicted molar refractivity (Wildman–Crippen MR) is 96.1 cm³/mol. The topological polar surface area (TPSA) is 71.7 Å². The first-order valence-corrected chi connectivity index (χ1v) is 8.43. The van der Waals surface area contributed by atoms with Gasteiger partial charge < -0.3 is 5.11 Å². The summed E-state index contributed by atoms with van der Waals surface area (Å²) in [5, 5.41) is 11.5. The van der Waals surface area contributed by atoms with Gasteiger partial charge in [-0.05, 0) is 24.3 Å². The summed E-state index contributed by atoms with van der Waals surface area (Å²) in [7, 11) is 0. The van der Waals surface area contributed by atoms with Crippen LogP contribution < -0.4 is 5.56 Å². The van der Waals surface area contributed by atoms with Gasteiger partial charge in [0.05, 0.1) is 12.1 Å². The molecular weight excluding hydrogens is 371 g/mol. The number of nitrogens with zero attached hydrogens (tertiary/aromatic N) is 2. The molecule has 8 heteroatoms. The average molecular weight is 381 g/mol. The SMILES string of the molecule is O=C(O)Cc1csc2nc(C=Cc3c(Cl)cccc3Cl)cc(=O)n12. The van der Waals surface area contributed by atoms with Gasteiger partial charge in [-0.15, -0.1) is 11.3 Å². The van der Waals surface area contributed by atoms with E-state index < -0.39 is 5.97 Å². The standard InChI is InChI=1S/C16H10Cl2N2O3S/c17-12-2-1-3-13(18)11(12)5-4-9-6-14(21)20-10(7-15(22)23)8-24-16(20)19-9/h1-6,8H,7H2,(H,22,23). The fourth-order valence-electron chi connectivity index (χ4n) is 2.19. The van der Waals surface area contributed by atoms with Crippen LogP contribution in [0, 0.1) is 0 Å². The highest BCUT2D eigenvalue weighted by Gasteiger charge is 2.11. The van der Waals surface area contributed by atoms with Crippen LogP contribution >= 0.6 is 34.5 Å². The van der Waals surface area contributed by atoms with Gasteiger partial charge in [-0.3, -0.25) is 14.0 Å². The van der Waals surface area contributed by atoms with Gasteiger partial charge in [0, 0.05) is 32.7 Å². The molecule has 5 nitrogen and oxygen atoms in total. The zero-order chi connectivity index (χ0) is 17.3. The zero-order valence-electron chi connectivity index (χ0n) is 12.1. The summed E-state index contributed by atoms with van der Waals surface area (Å²) in [6, 6.07) is 6.52. The fraction of sp³-hybridized carbons (Fsp3) is 0.0625. The van der Waals surface area contributed by atoms with E-state index in [4.69, 9.17) is 28.3 Å². The van der Waals surface area contributed by atoms with E-state index in [0.29, 0.717) is 32.0 Å². The maximum absolute atomic E-state index is 12.3. The number of carboxylic acids is 1. The summed E-state index contributed by atoms with van der Waals surface area (Å²) in [6.07, 6.45) is 3.10. The van der Waals surface area contributed by atoms with Gasteiger partial charge in [-0.2, -0.15) is 0 Å². The molecule has 0 atom stereocenters. The van der Waals surface area contributed by atoms with Gasteiger partial charge in [0.1, 0.15) is 0 Å². The van der Waals surface area contributed by atoms with Crippen LogP contribution in [0.15, 0.2) is 34.4 Å². The Morgan fingerprint density at radius 1 is 1.29 bits per heavy atom. The largest absolute Gasteiger partial charge is 0.481 e. The molecule has 0 aliphatic heterocycles. The second-order valence-corrected chi connectivity index (χ2v) is 6.55. The van der Waals surface area contributed by atoms with Crippen LogP contribution in [-0.2, 0) is 11.2 Å². The van der Waals surface area contributed by atoms with Crippen LogP contribution in [0.2, 0.25) is 10.0 Å². The van der Waals surface area contributed by atoms with Crippen molar-refractivity contribution in [2.75, 3.05) is 0 Å². The number of carbonyl (C=O) groups is 1. The number of hydrogen-bond acceptors (Lipinski definition) is 4. The van der Waals surface area contributed by atoms with Crippen LogP contribution in [0.4, 0.5) is 0 Å². The quantitative estimate of drug-likeness (QED) is 0.745. The summed E-state index contributed by atoms with van der Waals surface area (Å²) in [5.74, 6) is -1.00. The Hall–Kier alpha value is -2.15. The number of aliphatic carboxylic acids is 1. The molecule has 24 heavy (non-hydrogen) atoms. The Kier molecular flexibility index (Phi) is 4.71. The average Bonchev–Trinajstić information content (AvgIpc) is 2.89. The predicted octanol–water partition coefficient (Wildman–Crippen LogP) is 3.86. The van der Waals surface area contributed by atoms with E-state index in [1.54, 1.807) is 35.7 Å². The summed E-state index contributed by atoms with van der Waals surface area (Å²) in [6.45, 7) is 0. The maximum atomic E-state index is 12.3. The first kappa shape index (κ1) is 16.7. The molecule has 0 spiro atoms. The van der Waals surface area contributed by atoms with E-state index in [1.807, 2.05) is 0 Å². The van der Waals surface area contributed by atoms with Gasteiger partial charge in [0.25, 0.3) is 5.56 Å². The zero-order valence-corrected chi connectivity index (χ0v) is 14.4. The third-order valence-corrected chi connectivity index (χ3v) is 4.78. The number of aromatic nitrogens is 2. The monoisotopic (exact) mass is 380 g/mol. The minimum atomic E-state index is -1.00. The smallest absolute Gasteiger partial charge is 0.309 e. The molecule has 122 valence electrons. The van der Waals surface area contributed by atoms with Crippen LogP contribution in [0.3, 0.4) is 0 Å². The molecule has 0 aliphatic carbocycles. The lowest BCUT2D eigenvalue weighted by molar-refractivity contribution is -0.136. The highest BCUT2D eigenvalue weighted by molar-refractivity contribution is 7.15. The van der Waals surface area contributed by atoms with Crippen molar-refractivity contribution in [2.45, 2.75) is 6.42 Å². The molecule has 1 N–H and O–H groups in total. The van der Waals surface area contributed by atoms with E-state index in [2.05, 4.69) is 4.98 Å². The highest BCUT2D eigenvalue weighted by atomic mass is 35.5. The van der Waals surface area contributed by atoms with Crippen molar-refractivity contribution < 1.29 is 9.90 Å². The summed E-state index contributed by atoms with van der Waals surface area (Å²) in [4.78, 5) is 27.9. The lowest BCUT2D eigenvalue weighted by Gasteiger charge is -2.01. The van der Waals surface area contributed by atoms with E-state index in [9.17, 15) is 9.59 Å². The highest BCUT2D eigenvalue weighted by Crippen LogP contribution is 2.26. The fourth-order valence-corrected chi connectivity index (χ4v) is 3.62. The van der Waals surface area contributed by atoms with Gasteiger partial charge in [-0.25, -0.2) is 4.98 Å². The van der Waals surface area contributed by atoms with E-state index in [1.165, 1.54) is 21.8 Å². The number of benzene rings is 1. The number of rotatable bonds is 4. The van der Waals surface area contributed by atoms with E-state index in [0.717, 1.165) is 0 Å². The Balaban J connectivity index is 2.01. The minimum absolute atomic E-state index is 0.230. The first-order valence-electron chi connectivity index (χ1n) is 6.80. The molecule has 0 fully saturated rings. The Labute approximate surface area is 150 Å². The van der Waals surface area contributed by atoms with Gasteiger partial charge in [0.2, 0.25) is 0 Å². The molecular formula is C16H10Cl2N2O3S. The van der Waals surface area contributed by atoms with Crippen LogP contribution in [0.1, 0.15) is 17.0 Å². The Bertz CT molecular complexity index is 1000. The van der Waals surface area contributed by atoms with Crippen molar-refractivity contribution >= 4 is 57.6 Å². The third kappa shape index (κ3) is 3.36. The van der Waals surface area contributed by atoms with Crippen molar-refractivity contribution in [3.05, 3.63) is 67.0 Å². The lowest BCUT2D eigenvalue weighted by atomic mass is 10.2.